The third-order valence-corrected chi connectivity index (χ3v) is 6.71. The normalized spacial score (nSPS) is 33.2. The minimum Gasteiger partial charge on any atom is -0.299 e. The zero-order chi connectivity index (χ0) is 16.2. The summed E-state index contributed by atoms with van der Waals surface area (Å²) in [6.45, 7) is 7.27. The van der Waals surface area contributed by atoms with Gasteiger partial charge in [0.05, 0.1) is 0 Å². The number of hydrogen-bond acceptors (Lipinski definition) is 3. The molecular formula is C19H27N3O. The second-order valence-corrected chi connectivity index (χ2v) is 8.01. The van der Waals surface area contributed by atoms with Gasteiger partial charge in [0.15, 0.2) is 0 Å². The van der Waals surface area contributed by atoms with Gasteiger partial charge in [-0.1, -0.05) is 19.9 Å². The Labute approximate surface area is 138 Å². The number of benzene rings is 1. The van der Waals surface area contributed by atoms with Crippen molar-refractivity contribution in [1.29, 1.82) is 0 Å². The van der Waals surface area contributed by atoms with Crippen LogP contribution in [0.25, 0.3) is 0 Å². The molecule has 1 unspecified atom stereocenters. The molecule has 124 valence electrons. The lowest BCUT2D eigenvalue weighted by atomic mass is 9.59. The monoisotopic (exact) mass is 313 g/mol. The van der Waals surface area contributed by atoms with Gasteiger partial charge in [-0.3, -0.25) is 15.1 Å². The maximum absolute atomic E-state index is 11.9. The molecule has 1 amide bonds. The minimum absolute atomic E-state index is 0.170. The van der Waals surface area contributed by atoms with Crippen LogP contribution in [-0.2, 0) is 11.8 Å². The number of carbonyl (C=O) groups is 1. The lowest BCUT2D eigenvalue weighted by Crippen LogP contribution is -2.58. The molecule has 0 spiro atoms. The Bertz CT molecular complexity index is 640. The fraction of sp³-hybridized carbons (Fsp3) is 0.632. The van der Waals surface area contributed by atoms with Crippen LogP contribution in [0.3, 0.4) is 0 Å². The summed E-state index contributed by atoms with van der Waals surface area (Å²) < 4.78 is 0. The van der Waals surface area contributed by atoms with Crippen LogP contribution in [-0.4, -0.2) is 29.9 Å². The van der Waals surface area contributed by atoms with Gasteiger partial charge in [0.25, 0.3) is 5.91 Å². The Balaban J connectivity index is 1.70. The van der Waals surface area contributed by atoms with Crippen LogP contribution in [0.4, 0.5) is 0 Å². The van der Waals surface area contributed by atoms with Gasteiger partial charge in [-0.15, -0.1) is 0 Å². The predicted molar refractivity (Wildman–Crippen MR) is 91.0 cm³/mol. The Hall–Kier alpha value is -1.39. The van der Waals surface area contributed by atoms with Crippen LogP contribution in [0.5, 0.6) is 0 Å². The molecule has 4 rings (SSSR count). The van der Waals surface area contributed by atoms with Crippen LogP contribution < -0.4 is 11.3 Å². The number of hydrogen-bond donors (Lipinski definition) is 2. The Morgan fingerprint density at radius 2 is 2.22 bits per heavy atom. The maximum atomic E-state index is 11.9. The highest BCUT2D eigenvalue weighted by atomic mass is 16.2. The first-order valence-electron chi connectivity index (χ1n) is 8.91. The summed E-state index contributed by atoms with van der Waals surface area (Å²) >= 11 is 0. The van der Waals surface area contributed by atoms with Crippen molar-refractivity contribution in [2.24, 2.45) is 17.7 Å². The molecule has 2 aliphatic carbocycles. The second kappa shape index (κ2) is 5.32. The number of nitrogen functional groups attached to an aromatic ring is 1. The maximum Gasteiger partial charge on any atom is 0.265 e. The van der Waals surface area contributed by atoms with E-state index in [1.165, 1.54) is 43.5 Å². The Morgan fingerprint density at radius 1 is 1.43 bits per heavy atom. The number of nitrogens with two attached hydrogens (primary N) is 1. The average Bonchev–Trinajstić information content (AvgIpc) is 3.36. The topological polar surface area (TPSA) is 58.4 Å². The summed E-state index contributed by atoms with van der Waals surface area (Å²) in [6, 6.07) is 6.80. The van der Waals surface area contributed by atoms with E-state index in [4.69, 9.17) is 5.84 Å². The molecule has 4 heteroatoms. The summed E-state index contributed by atoms with van der Waals surface area (Å²) in [4.78, 5) is 14.6. The largest absolute Gasteiger partial charge is 0.299 e. The van der Waals surface area contributed by atoms with Crippen molar-refractivity contribution in [3.8, 4) is 0 Å². The summed E-state index contributed by atoms with van der Waals surface area (Å²) in [7, 11) is 0. The molecule has 3 atom stereocenters. The van der Waals surface area contributed by atoms with E-state index in [1.807, 2.05) is 6.07 Å². The highest BCUT2D eigenvalue weighted by Gasteiger charge is 2.49. The van der Waals surface area contributed by atoms with Gasteiger partial charge in [-0.2, -0.15) is 0 Å². The van der Waals surface area contributed by atoms with Crippen molar-refractivity contribution in [3.05, 3.63) is 34.9 Å². The fourth-order valence-electron chi connectivity index (χ4n) is 4.79. The standard InChI is InChI=1S/C19H27N3O/c1-12-17-10-14-5-6-15(18(23)21-20)9-16(14)19(12,2)7-8-22(17)11-13-3-4-13/h5-6,9,12-13,17H,3-4,7-8,10-11,20H2,1-2H3,(H,21,23)/t12-,17?,19-/m0/s1. The summed E-state index contributed by atoms with van der Waals surface area (Å²) in [5.74, 6) is 6.68. The Kier molecular flexibility index (Phi) is 3.50. The number of fused-ring (bicyclic) bond motifs is 4. The molecule has 1 saturated heterocycles. The van der Waals surface area contributed by atoms with E-state index in [-0.39, 0.29) is 11.3 Å². The highest BCUT2D eigenvalue weighted by molar-refractivity contribution is 5.94. The van der Waals surface area contributed by atoms with Crippen molar-refractivity contribution in [2.75, 3.05) is 13.1 Å². The SMILES string of the molecule is C[C@H]1C2Cc3ccc(C(=O)NN)cc3[C@@]1(C)CCN2CC1CC1. The lowest BCUT2D eigenvalue weighted by Gasteiger charge is -2.55. The second-order valence-electron chi connectivity index (χ2n) is 8.01. The molecule has 3 N–H and O–H groups in total. The number of amides is 1. The summed E-state index contributed by atoms with van der Waals surface area (Å²) in [5, 5.41) is 0. The molecule has 2 bridgehead atoms. The fourth-order valence-corrected chi connectivity index (χ4v) is 4.79. The van der Waals surface area contributed by atoms with Crippen LogP contribution in [0, 0.1) is 11.8 Å². The van der Waals surface area contributed by atoms with E-state index in [0.29, 0.717) is 17.5 Å². The molecule has 4 nitrogen and oxygen atoms in total. The zero-order valence-electron chi connectivity index (χ0n) is 14.1. The quantitative estimate of drug-likeness (QED) is 0.511. The first-order valence-corrected chi connectivity index (χ1v) is 8.91. The summed E-state index contributed by atoms with van der Waals surface area (Å²) in [6.07, 6.45) is 5.13. The van der Waals surface area contributed by atoms with E-state index >= 15 is 0 Å². The number of piperidine rings is 1. The van der Waals surface area contributed by atoms with Crippen molar-refractivity contribution in [3.63, 3.8) is 0 Å². The van der Waals surface area contributed by atoms with Crippen LogP contribution in [0.15, 0.2) is 18.2 Å². The molecule has 23 heavy (non-hydrogen) atoms. The number of rotatable bonds is 3. The van der Waals surface area contributed by atoms with Crippen molar-refractivity contribution in [2.45, 2.75) is 51.0 Å². The molecule has 2 fully saturated rings. The summed E-state index contributed by atoms with van der Waals surface area (Å²) in [5.41, 5.74) is 5.89. The third-order valence-electron chi connectivity index (χ3n) is 6.71. The smallest absolute Gasteiger partial charge is 0.265 e. The van der Waals surface area contributed by atoms with Crippen molar-refractivity contribution < 1.29 is 4.79 Å². The molecule has 1 aromatic rings. The van der Waals surface area contributed by atoms with E-state index < -0.39 is 0 Å². The number of carbonyl (C=O) groups excluding carboxylic acids is 1. The van der Waals surface area contributed by atoms with Gasteiger partial charge in [-0.05, 0) is 72.7 Å². The van der Waals surface area contributed by atoms with Gasteiger partial charge in [0.2, 0.25) is 0 Å². The molecule has 1 saturated carbocycles. The molecule has 0 aromatic heterocycles. The predicted octanol–water partition coefficient (Wildman–Crippen LogP) is 2.22. The molecule has 1 aliphatic heterocycles. The Morgan fingerprint density at radius 3 is 2.91 bits per heavy atom. The molecule has 1 aromatic carbocycles. The third kappa shape index (κ3) is 2.39. The molecule has 1 heterocycles. The molecular weight excluding hydrogens is 286 g/mol. The average molecular weight is 313 g/mol. The first kappa shape index (κ1) is 15.2. The van der Waals surface area contributed by atoms with Gasteiger partial charge in [-0.25, -0.2) is 5.84 Å². The van der Waals surface area contributed by atoms with Gasteiger partial charge >= 0.3 is 0 Å². The number of hydrazine groups is 1. The number of nitrogens with zero attached hydrogens (tertiary/aromatic N) is 1. The van der Waals surface area contributed by atoms with E-state index in [0.717, 1.165) is 12.3 Å². The number of nitrogens with one attached hydrogen (secondary N) is 1. The zero-order valence-corrected chi connectivity index (χ0v) is 14.1. The van der Waals surface area contributed by atoms with Crippen LogP contribution in [0.2, 0.25) is 0 Å². The van der Waals surface area contributed by atoms with E-state index in [1.54, 1.807) is 0 Å². The van der Waals surface area contributed by atoms with E-state index in [9.17, 15) is 4.79 Å². The molecule has 3 aliphatic rings. The van der Waals surface area contributed by atoms with Gasteiger partial charge < -0.3 is 0 Å². The van der Waals surface area contributed by atoms with Crippen molar-refractivity contribution in [1.82, 2.24) is 10.3 Å². The highest BCUT2D eigenvalue weighted by Crippen LogP contribution is 2.49. The first-order chi connectivity index (χ1) is 11.0. The van der Waals surface area contributed by atoms with Crippen LogP contribution >= 0.6 is 0 Å². The minimum atomic E-state index is -0.197. The van der Waals surface area contributed by atoms with Gasteiger partial charge in [0, 0.05) is 18.2 Å². The lowest BCUT2D eigenvalue weighted by molar-refractivity contribution is 0.0284. The van der Waals surface area contributed by atoms with Gasteiger partial charge in [0.1, 0.15) is 0 Å². The molecule has 0 radical (unpaired) electrons. The number of likely N-dealkylation sites (tertiary alicyclic amines) is 1. The van der Waals surface area contributed by atoms with E-state index in [2.05, 4.69) is 36.3 Å². The van der Waals surface area contributed by atoms with Crippen molar-refractivity contribution >= 4 is 5.91 Å². The van der Waals surface area contributed by atoms with Crippen LogP contribution in [0.1, 0.15) is 54.6 Å².